The van der Waals surface area contributed by atoms with Crippen molar-refractivity contribution < 1.29 is 18.1 Å². The van der Waals surface area contributed by atoms with Crippen molar-refractivity contribution >= 4 is 11.4 Å². The van der Waals surface area contributed by atoms with Gasteiger partial charge >= 0.3 is 6.18 Å². The highest BCUT2D eigenvalue weighted by molar-refractivity contribution is 5.55. The predicted molar refractivity (Wildman–Crippen MR) is 64.9 cm³/mol. The molecule has 0 fully saturated rings. The van der Waals surface area contributed by atoms with Gasteiger partial charge in [-0.25, -0.2) is 0 Å². The highest BCUT2D eigenvalue weighted by Gasteiger charge is 2.38. The molecule has 3 N–H and O–H groups in total. The quantitative estimate of drug-likeness (QED) is 0.640. The lowest BCUT2D eigenvalue weighted by Crippen LogP contribution is -2.19. The molecule has 8 heteroatoms. The summed E-state index contributed by atoms with van der Waals surface area (Å²) in [6.07, 6.45) is -4.18. The number of alkyl halides is 3. The minimum Gasteiger partial charge on any atom is -0.385 e. The topological polar surface area (TPSA) is 81.2 Å². The van der Waals surface area contributed by atoms with E-state index in [1.54, 1.807) is 6.92 Å². The van der Waals surface area contributed by atoms with Crippen molar-refractivity contribution in [3.05, 3.63) is 33.9 Å². The monoisotopic (exact) mass is 277 g/mol. The Morgan fingerprint density at radius 3 is 2.58 bits per heavy atom. The molecule has 106 valence electrons. The number of hydrogen-bond donors (Lipinski definition) is 2. The van der Waals surface area contributed by atoms with Crippen molar-refractivity contribution in [2.45, 2.75) is 25.6 Å². The molecule has 1 aromatic carbocycles. The van der Waals surface area contributed by atoms with Crippen molar-refractivity contribution in [3.8, 4) is 0 Å². The van der Waals surface area contributed by atoms with Crippen molar-refractivity contribution in [1.29, 1.82) is 0 Å². The number of hydrogen-bond acceptors (Lipinski definition) is 4. The normalized spacial score (nSPS) is 13.1. The molecule has 1 unspecified atom stereocenters. The third kappa shape index (κ3) is 4.40. The van der Waals surface area contributed by atoms with Gasteiger partial charge in [-0.15, -0.1) is 0 Å². The molecule has 0 aliphatic rings. The smallest absolute Gasteiger partial charge is 0.385 e. The number of nitrogens with two attached hydrogens (primary N) is 1. The number of nitrogens with zero attached hydrogens (tertiary/aromatic N) is 1. The second-order valence-electron chi connectivity index (χ2n) is 4.18. The number of halogens is 3. The lowest BCUT2D eigenvalue weighted by Gasteiger charge is -2.12. The van der Waals surface area contributed by atoms with Crippen molar-refractivity contribution in [1.82, 2.24) is 0 Å². The lowest BCUT2D eigenvalue weighted by atomic mass is 10.1. The molecule has 0 bridgehead atoms. The summed E-state index contributed by atoms with van der Waals surface area (Å²) in [5, 5.41) is 13.3. The van der Waals surface area contributed by atoms with E-state index >= 15 is 0 Å². The summed E-state index contributed by atoms with van der Waals surface area (Å²) in [6, 6.07) is 2.75. The number of nitro groups is 1. The van der Waals surface area contributed by atoms with Gasteiger partial charge in [0.15, 0.2) is 0 Å². The average Bonchev–Trinajstić information content (AvgIpc) is 2.27. The molecule has 1 rings (SSSR count). The molecule has 0 heterocycles. The molecule has 0 amide bonds. The van der Waals surface area contributed by atoms with E-state index in [0.717, 1.165) is 12.1 Å². The second-order valence-corrected chi connectivity index (χ2v) is 4.18. The van der Waals surface area contributed by atoms with Crippen LogP contribution in [0.2, 0.25) is 0 Å². The van der Waals surface area contributed by atoms with E-state index < -0.39 is 22.4 Å². The van der Waals surface area contributed by atoms with Crippen molar-refractivity contribution in [2.75, 3.05) is 11.9 Å². The Balaban J connectivity index is 2.96. The van der Waals surface area contributed by atoms with Crippen molar-refractivity contribution in [2.24, 2.45) is 5.73 Å². The Kier molecular flexibility index (Phi) is 4.71. The first kappa shape index (κ1) is 15.2. The maximum atomic E-state index is 12.7. The first-order valence-electron chi connectivity index (χ1n) is 5.57. The number of benzene rings is 1. The summed E-state index contributed by atoms with van der Waals surface area (Å²) < 4.78 is 38.1. The van der Waals surface area contributed by atoms with Gasteiger partial charge in [-0.3, -0.25) is 10.1 Å². The maximum absolute atomic E-state index is 12.7. The summed E-state index contributed by atoms with van der Waals surface area (Å²) in [5.74, 6) is 0. The summed E-state index contributed by atoms with van der Waals surface area (Å²) in [4.78, 5) is 9.50. The van der Waals surface area contributed by atoms with Crippen LogP contribution in [-0.4, -0.2) is 17.5 Å². The van der Waals surface area contributed by atoms with Gasteiger partial charge in [-0.1, -0.05) is 0 Å². The molecule has 0 aliphatic carbocycles. The fourth-order valence-electron chi connectivity index (χ4n) is 1.48. The van der Waals surface area contributed by atoms with Crippen LogP contribution in [-0.2, 0) is 6.18 Å². The van der Waals surface area contributed by atoms with Crippen LogP contribution in [0.4, 0.5) is 24.5 Å². The van der Waals surface area contributed by atoms with Gasteiger partial charge in [0.25, 0.3) is 5.69 Å². The zero-order valence-corrected chi connectivity index (χ0v) is 10.2. The van der Waals surface area contributed by atoms with E-state index in [2.05, 4.69) is 5.32 Å². The summed E-state index contributed by atoms with van der Waals surface area (Å²) in [7, 11) is 0. The van der Waals surface area contributed by atoms with Crippen LogP contribution < -0.4 is 11.1 Å². The highest BCUT2D eigenvalue weighted by atomic mass is 19.4. The molecule has 1 atom stereocenters. The molecule has 0 aromatic heterocycles. The largest absolute Gasteiger partial charge is 0.423 e. The fraction of sp³-hybridized carbons (Fsp3) is 0.455. The summed E-state index contributed by atoms with van der Waals surface area (Å²) >= 11 is 0. The second kappa shape index (κ2) is 5.87. The van der Waals surface area contributed by atoms with Crippen LogP contribution in [0.5, 0.6) is 0 Å². The van der Waals surface area contributed by atoms with Gasteiger partial charge in [-0.05, 0) is 25.5 Å². The Morgan fingerprint density at radius 1 is 1.47 bits per heavy atom. The Bertz CT molecular complexity index is 461. The van der Waals surface area contributed by atoms with Gasteiger partial charge in [0, 0.05) is 24.3 Å². The SMILES string of the molecule is CC(N)CCNc1ccc([N+](=O)[O-])c(C(F)(F)F)c1. The molecule has 0 radical (unpaired) electrons. The first-order chi connectivity index (χ1) is 8.71. The minimum atomic E-state index is -4.76. The van der Waals surface area contributed by atoms with Crippen LogP contribution >= 0.6 is 0 Å². The molecule has 0 saturated heterocycles. The number of anilines is 1. The molecule has 19 heavy (non-hydrogen) atoms. The Morgan fingerprint density at radius 2 is 2.11 bits per heavy atom. The van der Waals surface area contributed by atoms with Crippen LogP contribution in [0.15, 0.2) is 18.2 Å². The molecule has 0 spiro atoms. The molecule has 5 nitrogen and oxygen atoms in total. The third-order valence-corrected chi connectivity index (χ3v) is 2.43. The number of nitrogens with one attached hydrogen (secondary N) is 1. The lowest BCUT2D eigenvalue weighted by molar-refractivity contribution is -0.388. The number of rotatable bonds is 5. The van der Waals surface area contributed by atoms with Gasteiger partial charge in [-0.2, -0.15) is 13.2 Å². The standard InChI is InChI=1S/C11H14F3N3O2/c1-7(15)4-5-16-8-2-3-10(17(18)19)9(6-8)11(12,13)14/h2-3,6-7,16H,4-5,15H2,1H3. The van der Waals surface area contributed by atoms with Crippen LogP contribution in [0.1, 0.15) is 18.9 Å². The highest BCUT2D eigenvalue weighted by Crippen LogP contribution is 2.37. The average molecular weight is 277 g/mol. The molecule has 0 aliphatic heterocycles. The molecular formula is C11H14F3N3O2. The van der Waals surface area contributed by atoms with Gasteiger partial charge in [0.05, 0.1) is 4.92 Å². The predicted octanol–water partition coefficient (Wildman–Crippen LogP) is 2.76. The van der Waals surface area contributed by atoms with Gasteiger partial charge < -0.3 is 11.1 Å². The van der Waals surface area contributed by atoms with E-state index in [1.807, 2.05) is 0 Å². The van der Waals surface area contributed by atoms with E-state index in [9.17, 15) is 23.3 Å². The minimum absolute atomic E-state index is 0.0763. The summed E-state index contributed by atoms with van der Waals surface area (Å²) in [5.41, 5.74) is 3.48. The third-order valence-electron chi connectivity index (χ3n) is 2.43. The first-order valence-corrected chi connectivity index (χ1v) is 5.57. The van der Waals surface area contributed by atoms with E-state index in [0.29, 0.717) is 13.0 Å². The maximum Gasteiger partial charge on any atom is 0.423 e. The summed E-state index contributed by atoms with van der Waals surface area (Å²) in [6.45, 7) is 2.17. The molecule has 1 aromatic rings. The zero-order valence-electron chi connectivity index (χ0n) is 10.2. The van der Waals surface area contributed by atoms with Crippen molar-refractivity contribution in [3.63, 3.8) is 0 Å². The van der Waals surface area contributed by atoms with Crippen LogP contribution in [0, 0.1) is 10.1 Å². The van der Waals surface area contributed by atoms with E-state index in [-0.39, 0.29) is 11.7 Å². The van der Waals surface area contributed by atoms with E-state index in [4.69, 9.17) is 5.73 Å². The van der Waals surface area contributed by atoms with Gasteiger partial charge in [0.2, 0.25) is 0 Å². The van der Waals surface area contributed by atoms with Crippen LogP contribution in [0.25, 0.3) is 0 Å². The fourth-order valence-corrected chi connectivity index (χ4v) is 1.48. The number of nitro benzene ring substituents is 1. The molecular weight excluding hydrogens is 263 g/mol. The molecule has 0 saturated carbocycles. The van der Waals surface area contributed by atoms with E-state index in [1.165, 1.54) is 6.07 Å². The van der Waals surface area contributed by atoms with Crippen LogP contribution in [0.3, 0.4) is 0 Å². The van der Waals surface area contributed by atoms with Gasteiger partial charge in [0.1, 0.15) is 5.56 Å². The Labute approximate surface area is 107 Å². The zero-order chi connectivity index (χ0) is 14.6. The Hall–Kier alpha value is -1.83.